The van der Waals surface area contributed by atoms with Crippen molar-refractivity contribution in [2.24, 2.45) is 0 Å². The van der Waals surface area contributed by atoms with E-state index in [0.717, 1.165) is 17.4 Å². The molecule has 0 aromatic heterocycles. The van der Waals surface area contributed by atoms with E-state index in [-0.39, 0.29) is 18.9 Å². The van der Waals surface area contributed by atoms with E-state index in [9.17, 15) is 18.0 Å². The SMILES string of the molecule is CCCNC(=O)C(C)NC(=O)CCNS(=O)(=O)/C=C/c1ccccc1. The fourth-order valence-corrected chi connectivity index (χ4v) is 2.69. The highest BCUT2D eigenvalue weighted by Gasteiger charge is 2.15. The van der Waals surface area contributed by atoms with E-state index >= 15 is 0 Å². The summed E-state index contributed by atoms with van der Waals surface area (Å²) in [6.45, 7) is 4.01. The number of carbonyl (C=O) groups is 2. The third kappa shape index (κ3) is 9.02. The highest BCUT2D eigenvalue weighted by atomic mass is 32.2. The summed E-state index contributed by atoms with van der Waals surface area (Å²) < 4.78 is 26.0. The molecule has 8 heteroatoms. The van der Waals surface area contributed by atoms with Gasteiger partial charge in [0.05, 0.1) is 0 Å². The first-order valence-electron chi connectivity index (χ1n) is 8.14. The molecule has 0 heterocycles. The highest BCUT2D eigenvalue weighted by molar-refractivity contribution is 7.92. The summed E-state index contributed by atoms with van der Waals surface area (Å²) >= 11 is 0. The molecule has 0 spiro atoms. The Morgan fingerprint density at radius 1 is 1.16 bits per heavy atom. The molecule has 0 saturated heterocycles. The predicted octanol–water partition coefficient (Wildman–Crippen LogP) is 0.998. The minimum atomic E-state index is -3.62. The quantitative estimate of drug-likeness (QED) is 0.574. The van der Waals surface area contributed by atoms with E-state index in [1.807, 2.05) is 25.1 Å². The van der Waals surface area contributed by atoms with Gasteiger partial charge in [0, 0.05) is 24.9 Å². The van der Waals surface area contributed by atoms with Crippen molar-refractivity contribution in [2.45, 2.75) is 32.7 Å². The normalized spacial score (nSPS) is 12.7. The lowest BCUT2D eigenvalue weighted by Crippen LogP contribution is -2.45. The van der Waals surface area contributed by atoms with Gasteiger partial charge in [0.1, 0.15) is 6.04 Å². The van der Waals surface area contributed by atoms with E-state index in [2.05, 4.69) is 15.4 Å². The van der Waals surface area contributed by atoms with Gasteiger partial charge in [-0.05, 0) is 25.0 Å². The van der Waals surface area contributed by atoms with Crippen LogP contribution in [0.2, 0.25) is 0 Å². The zero-order chi connectivity index (χ0) is 18.7. The fourth-order valence-electron chi connectivity index (χ4n) is 1.87. The van der Waals surface area contributed by atoms with E-state index in [0.29, 0.717) is 6.54 Å². The van der Waals surface area contributed by atoms with E-state index < -0.39 is 22.0 Å². The number of hydrogen-bond acceptors (Lipinski definition) is 4. The molecule has 1 rings (SSSR count). The van der Waals surface area contributed by atoms with Crippen LogP contribution in [0.5, 0.6) is 0 Å². The van der Waals surface area contributed by atoms with Crippen molar-refractivity contribution in [1.82, 2.24) is 15.4 Å². The third-order valence-corrected chi connectivity index (χ3v) is 4.32. The Labute approximate surface area is 148 Å². The Bertz CT molecular complexity index is 687. The molecule has 25 heavy (non-hydrogen) atoms. The summed E-state index contributed by atoms with van der Waals surface area (Å²) in [6.07, 6.45) is 2.23. The fraction of sp³-hybridized carbons (Fsp3) is 0.412. The molecule has 0 radical (unpaired) electrons. The van der Waals surface area contributed by atoms with Crippen molar-refractivity contribution in [3.8, 4) is 0 Å². The maximum Gasteiger partial charge on any atom is 0.242 e. The molecule has 0 aliphatic carbocycles. The molecule has 7 nitrogen and oxygen atoms in total. The molecule has 1 aromatic rings. The Morgan fingerprint density at radius 3 is 2.48 bits per heavy atom. The van der Waals surface area contributed by atoms with Gasteiger partial charge < -0.3 is 10.6 Å². The summed E-state index contributed by atoms with van der Waals surface area (Å²) in [4.78, 5) is 23.4. The summed E-state index contributed by atoms with van der Waals surface area (Å²) in [5.74, 6) is -0.657. The number of amides is 2. The first-order chi connectivity index (χ1) is 11.8. The van der Waals surface area contributed by atoms with Crippen molar-refractivity contribution in [2.75, 3.05) is 13.1 Å². The van der Waals surface area contributed by atoms with Gasteiger partial charge in [0.25, 0.3) is 0 Å². The predicted molar refractivity (Wildman–Crippen MR) is 97.9 cm³/mol. The third-order valence-electron chi connectivity index (χ3n) is 3.21. The average molecular weight is 367 g/mol. The average Bonchev–Trinajstić information content (AvgIpc) is 2.58. The zero-order valence-corrected chi connectivity index (χ0v) is 15.3. The molecule has 0 fully saturated rings. The highest BCUT2D eigenvalue weighted by Crippen LogP contribution is 2.02. The first-order valence-corrected chi connectivity index (χ1v) is 9.68. The standard InChI is InChI=1S/C17H25N3O4S/c1-3-11-18-17(22)14(2)20-16(21)9-12-19-25(23,24)13-10-15-7-5-4-6-8-15/h4-8,10,13-14,19H,3,9,11-12H2,1-2H3,(H,18,22)(H,20,21)/b13-10+. The lowest BCUT2D eigenvalue weighted by atomic mass is 10.2. The van der Waals surface area contributed by atoms with Crippen LogP contribution in [0.25, 0.3) is 6.08 Å². The van der Waals surface area contributed by atoms with Crippen LogP contribution in [0.1, 0.15) is 32.3 Å². The van der Waals surface area contributed by atoms with Crippen LogP contribution >= 0.6 is 0 Å². The van der Waals surface area contributed by atoms with Crippen LogP contribution in [0.3, 0.4) is 0 Å². The Balaban J connectivity index is 2.36. The van der Waals surface area contributed by atoms with Gasteiger partial charge in [0.15, 0.2) is 0 Å². The molecule has 138 valence electrons. The van der Waals surface area contributed by atoms with Crippen molar-refractivity contribution < 1.29 is 18.0 Å². The van der Waals surface area contributed by atoms with Crippen LogP contribution in [0.15, 0.2) is 35.7 Å². The van der Waals surface area contributed by atoms with Gasteiger partial charge in [-0.1, -0.05) is 37.3 Å². The van der Waals surface area contributed by atoms with Crippen molar-refractivity contribution in [3.05, 3.63) is 41.3 Å². The minimum absolute atomic E-state index is 0.0450. The summed E-state index contributed by atoms with van der Waals surface area (Å²) in [6, 6.07) is 8.36. The minimum Gasteiger partial charge on any atom is -0.354 e. The van der Waals surface area contributed by atoms with E-state index in [1.165, 1.54) is 6.08 Å². The van der Waals surface area contributed by atoms with Crippen molar-refractivity contribution >= 4 is 27.9 Å². The van der Waals surface area contributed by atoms with Crippen LogP contribution in [-0.2, 0) is 19.6 Å². The van der Waals surface area contributed by atoms with Gasteiger partial charge in [-0.2, -0.15) is 0 Å². The zero-order valence-electron chi connectivity index (χ0n) is 14.5. The summed E-state index contributed by atoms with van der Waals surface area (Å²) in [5, 5.41) is 6.26. The molecule has 1 aromatic carbocycles. The Hall–Kier alpha value is -2.19. The Morgan fingerprint density at radius 2 is 1.84 bits per heavy atom. The number of nitrogens with one attached hydrogen (secondary N) is 3. The maximum absolute atomic E-state index is 11.8. The van der Waals surface area contributed by atoms with E-state index in [1.54, 1.807) is 19.1 Å². The topological polar surface area (TPSA) is 104 Å². The largest absolute Gasteiger partial charge is 0.354 e. The molecule has 0 saturated carbocycles. The maximum atomic E-state index is 11.8. The molecule has 1 atom stereocenters. The van der Waals surface area contributed by atoms with Crippen molar-refractivity contribution in [1.29, 1.82) is 0 Å². The van der Waals surface area contributed by atoms with Gasteiger partial charge in [-0.15, -0.1) is 0 Å². The second-order valence-electron chi connectivity index (χ2n) is 5.48. The molecule has 3 N–H and O–H groups in total. The van der Waals surface area contributed by atoms with Crippen molar-refractivity contribution in [3.63, 3.8) is 0 Å². The summed E-state index contributed by atoms with van der Waals surface area (Å²) in [7, 11) is -3.62. The molecule has 0 aliphatic heterocycles. The Kier molecular flexibility index (Phi) is 8.87. The monoisotopic (exact) mass is 367 g/mol. The second-order valence-corrected chi connectivity index (χ2v) is 7.13. The first kappa shape index (κ1) is 20.9. The molecular formula is C17H25N3O4S. The summed E-state index contributed by atoms with van der Waals surface area (Å²) in [5.41, 5.74) is 0.762. The molecular weight excluding hydrogens is 342 g/mol. The van der Waals surface area contributed by atoms with Crippen LogP contribution in [-0.4, -0.2) is 39.4 Å². The number of sulfonamides is 1. The molecule has 1 unspecified atom stereocenters. The van der Waals surface area contributed by atoms with Gasteiger partial charge in [-0.25, -0.2) is 13.1 Å². The molecule has 2 amide bonds. The number of benzene rings is 1. The molecule has 0 aliphatic rings. The second kappa shape index (κ2) is 10.6. The van der Waals surface area contributed by atoms with Gasteiger partial charge in [-0.3, -0.25) is 9.59 Å². The lowest BCUT2D eigenvalue weighted by molar-refractivity contribution is -0.128. The number of carbonyl (C=O) groups excluding carboxylic acids is 2. The number of rotatable bonds is 10. The lowest BCUT2D eigenvalue weighted by Gasteiger charge is -2.13. The van der Waals surface area contributed by atoms with E-state index in [4.69, 9.17) is 0 Å². The van der Waals surface area contributed by atoms with Crippen LogP contribution in [0.4, 0.5) is 0 Å². The van der Waals surface area contributed by atoms with Crippen LogP contribution in [0, 0.1) is 0 Å². The molecule has 0 bridgehead atoms. The van der Waals surface area contributed by atoms with Gasteiger partial charge in [0.2, 0.25) is 21.8 Å². The van der Waals surface area contributed by atoms with Crippen LogP contribution < -0.4 is 15.4 Å². The van der Waals surface area contributed by atoms with Gasteiger partial charge >= 0.3 is 0 Å². The number of hydrogen-bond donors (Lipinski definition) is 3. The smallest absolute Gasteiger partial charge is 0.242 e.